The van der Waals surface area contributed by atoms with Crippen molar-refractivity contribution >= 4 is 11.6 Å². The fraction of sp³-hybridized carbons (Fsp3) is 0.529. The molecule has 1 aromatic heterocycles. The van der Waals surface area contributed by atoms with Gasteiger partial charge in [0.15, 0.2) is 5.82 Å². The summed E-state index contributed by atoms with van der Waals surface area (Å²) in [6, 6.07) is 8.32. The van der Waals surface area contributed by atoms with Crippen LogP contribution in [0.3, 0.4) is 0 Å². The van der Waals surface area contributed by atoms with E-state index in [4.69, 9.17) is 21.7 Å². The summed E-state index contributed by atoms with van der Waals surface area (Å²) in [5, 5.41) is 14.4. The van der Waals surface area contributed by atoms with Gasteiger partial charge in [-0.3, -0.25) is 0 Å². The number of halogens is 1. The molecule has 1 N–H and O–H groups in total. The van der Waals surface area contributed by atoms with E-state index < -0.39 is 0 Å². The molecule has 1 aliphatic carbocycles. The van der Waals surface area contributed by atoms with Crippen molar-refractivity contribution in [2.45, 2.75) is 37.6 Å². The molecule has 0 unspecified atom stereocenters. The zero-order chi connectivity index (χ0) is 16.4. The number of benzene rings is 1. The van der Waals surface area contributed by atoms with Gasteiger partial charge in [-0.2, -0.15) is 5.10 Å². The monoisotopic (exact) mass is 334 g/mol. The molecule has 1 aromatic carbocycles. The van der Waals surface area contributed by atoms with E-state index in [9.17, 15) is 0 Å². The molecule has 23 heavy (non-hydrogen) atoms. The first-order valence-corrected chi connectivity index (χ1v) is 8.45. The Morgan fingerprint density at radius 1 is 1.35 bits per heavy atom. The lowest BCUT2D eigenvalue weighted by atomic mass is 9.79. The third kappa shape index (κ3) is 3.57. The van der Waals surface area contributed by atoms with Crippen molar-refractivity contribution in [1.29, 1.82) is 0 Å². The molecule has 0 aliphatic heterocycles. The molecule has 6 heteroatoms. The third-order valence-electron chi connectivity index (χ3n) is 4.50. The predicted molar refractivity (Wildman–Crippen MR) is 91.2 cm³/mol. The zero-order valence-electron chi connectivity index (χ0n) is 13.6. The van der Waals surface area contributed by atoms with E-state index in [1.807, 2.05) is 28.9 Å². The van der Waals surface area contributed by atoms with Gasteiger partial charge in [-0.25, -0.2) is 9.67 Å². The maximum Gasteiger partial charge on any atom is 0.151 e. The summed E-state index contributed by atoms with van der Waals surface area (Å²) in [7, 11) is 4.24. The van der Waals surface area contributed by atoms with Gasteiger partial charge in [-0.05, 0) is 51.6 Å². The second-order valence-corrected chi connectivity index (χ2v) is 6.83. The summed E-state index contributed by atoms with van der Waals surface area (Å²) < 4.78 is 1.93. The van der Waals surface area contributed by atoms with Crippen molar-refractivity contribution in [3.8, 4) is 5.69 Å². The van der Waals surface area contributed by atoms with Crippen molar-refractivity contribution < 1.29 is 5.11 Å². The minimum atomic E-state index is 0.160. The molecular formula is C17H23ClN4O. The molecule has 5 nitrogen and oxygen atoms in total. The van der Waals surface area contributed by atoms with Crippen LogP contribution in [0.5, 0.6) is 0 Å². The number of rotatable bonds is 6. The number of hydrogen-bond acceptors (Lipinski definition) is 4. The topological polar surface area (TPSA) is 54.2 Å². The van der Waals surface area contributed by atoms with E-state index in [1.54, 1.807) is 0 Å². The predicted octanol–water partition coefficient (Wildman–Crippen LogP) is 2.65. The Morgan fingerprint density at radius 2 is 2.13 bits per heavy atom. The number of nitrogens with zero attached hydrogens (tertiary/aromatic N) is 4. The lowest BCUT2D eigenvalue weighted by Gasteiger charge is -2.39. The molecule has 0 atom stereocenters. The molecule has 1 saturated carbocycles. The fourth-order valence-corrected chi connectivity index (χ4v) is 3.18. The summed E-state index contributed by atoms with van der Waals surface area (Å²) in [6.07, 6.45) is 3.59. The van der Waals surface area contributed by atoms with Gasteiger partial charge in [0.05, 0.1) is 5.69 Å². The summed E-state index contributed by atoms with van der Waals surface area (Å²) in [5.41, 5.74) is 0.948. The quantitative estimate of drug-likeness (QED) is 0.882. The number of aliphatic hydroxyl groups is 1. The Morgan fingerprint density at radius 3 is 2.78 bits per heavy atom. The van der Waals surface area contributed by atoms with Crippen molar-refractivity contribution in [3.05, 3.63) is 40.9 Å². The van der Waals surface area contributed by atoms with Crippen molar-refractivity contribution in [2.75, 3.05) is 20.7 Å². The van der Waals surface area contributed by atoms with Crippen LogP contribution in [0.4, 0.5) is 0 Å². The second kappa shape index (κ2) is 6.99. The average molecular weight is 335 g/mol. The summed E-state index contributed by atoms with van der Waals surface area (Å²) >= 11 is 6.13. The van der Waals surface area contributed by atoms with Crippen LogP contribution in [0.1, 0.15) is 36.8 Å². The van der Waals surface area contributed by atoms with E-state index in [2.05, 4.69) is 24.1 Å². The standard InChI is InChI=1S/C17H23ClN4O/c1-21(2)15-9-12(10-15)17-19-16(7-4-8-23)20-22(17)14-6-3-5-13(18)11-14/h3,5-6,11-12,15,23H,4,7-10H2,1-2H3. The highest BCUT2D eigenvalue weighted by atomic mass is 35.5. The Bertz CT molecular complexity index is 664. The Kier molecular flexibility index (Phi) is 4.99. The van der Waals surface area contributed by atoms with E-state index in [0.29, 0.717) is 29.8 Å². The summed E-state index contributed by atoms with van der Waals surface area (Å²) in [5.74, 6) is 2.23. The zero-order valence-corrected chi connectivity index (χ0v) is 14.4. The van der Waals surface area contributed by atoms with Crippen molar-refractivity contribution in [2.24, 2.45) is 0 Å². The Balaban J connectivity index is 1.89. The maximum atomic E-state index is 9.03. The molecule has 2 aromatic rings. The van der Waals surface area contributed by atoms with Crippen molar-refractivity contribution in [1.82, 2.24) is 19.7 Å². The minimum absolute atomic E-state index is 0.160. The lowest BCUT2D eigenvalue weighted by Crippen LogP contribution is -2.40. The molecule has 124 valence electrons. The lowest BCUT2D eigenvalue weighted by molar-refractivity contribution is 0.160. The first kappa shape index (κ1) is 16.4. The number of hydrogen-bond donors (Lipinski definition) is 1. The van der Waals surface area contributed by atoms with Crippen LogP contribution in [0.15, 0.2) is 24.3 Å². The summed E-state index contributed by atoms with van der Waals surface area (Å²) in [6.45, 7) is 0.160. The average Bonchev–Trinajstić information content (AvgIpc) is 2.87. The summed E-state index contributed by atoms with van der Waals surface area (Å²) in [4.78, 5) is 7.02. The van der Waals surface area contributed by atoms with Crippen LogP contribution in [-0.4, -0.2) is 51.5 Å². The third-order valence-corrected chi connectivity index (χ3v) is 4.73. The van der Waals surface area contributed by atoms with Gasteiger partial charge in [0.25, 0.3) is 0 Å². The molecule has 1 heterocycles. The minimum Gasteiger partial charge on any atom is -0.396 e. The second-order valence-electron chi connectivity index (χ2n) is 6.39. The number of aromatic nitrogens is 3. The Hall–Kier alpha value is -1.43. The van der Waals surface area contributed by atoms with Crippen LogP contribution >= 0.6 is 11.6 Å². The maximum absolute atomic E-state index is 9.03. The smallest absolute Gasteiger partial charge is 0.151 e. The van der Waals surface area contributed by atoms with Crippen LogP contribution in [0.25, 0.3) is 5.69 Å². The van der Waals surface area contributed by atoms with Gasteiger partial charge in [0.2, 0.25) is 0 Å². The Labute approximate surface area is 141 Å². The molecular weight excluding hydrogens is 312 g/mol. The van der Waals surface area contributed by atoms with E-state index in [-0.39, 0.29) is 6.61 Å². The molecule has 0 amide bonds. The highest BCUT2D eigenvalue weighted by molar-refractivity contribution is 6.30. The van der Waals surface area contributed by atoms with E-state index in [1.165, 1.54) is 0 Å². The largest absolute Gasteiger partial charge is 0.396 e. The van der Waals surface area contributed by atoms with Gasteiger partial charge in [-0.15, -0.1) is 0 Å². The highest BCUT2D eigenvalue weighted by Crippen LogP contribution is 2.39. The molecule has 0 radical (unpaired) electrons. The SMILES string of the molecule is CN(C)C1CC(c2nc(CCCO)nn2-c2cccc(Cl)c2)C1. The van der Waals surface area contributed by atoms with Gasteiger partial charge in [0.1, 0.15) is 5.82 Å². The van der Waals surface area contributed by atoms with Crippen LogP contribution in [0.2, 0.25) is 5.02 Å². The number of aryl methyl sites for hydroxylation is 1. The van der Waals surface area contributed by atoms with Crippen LogP contribution in [0, 0.1) is 0 Å². The molecule has 0 saturated heterocycles. The van der Waals surface area contributed by atoms with Gasteiger partial charge in [0, 0.05) is 30.0 Å². The molecule has 0 spiro atoms. The highest BCUT2D eigenvalue weighted by Gasteiger charge is 2.35. The number of aliphatic hydroxyl groups excluding tert-OH is 1. The van der Waals surface area contributed by atoms with E-state index in [0.717, 1.165) is 30.2 Å². The van der Waals surface area contributed by atoms with E-state index >= 15 is 0 Å². The van der Waals surface area contributed by atoms with Crippen LogP contribution in [-0.2, 0) is 6.42 Å². The van der Waals surface area contributed by atoms with Gasteiger partial charge < -0.3 is 10.0 Å². The first-order chi connectivity index (χ1) is 11.1. The van der Waals surface area contributed by atoms with Gasteiger partial charge in [-0.1, -0.05) is 17.7 Å². The molecule has 0 bridgehead atoms. The molecule has 1 aliphatic rings. The molecule has 1 fully saturated rings. The van der Waals surface area contributed by atoms with Crippen molar-refractivity contribution in [3.63, 3.8) is 0 Å². The van der Waals surface area contributed by atoms with Gasteiger partial charge >= 0.3 is 0 Å². The van der Waals surface area contributed by atoms with Crippen LogP contribution < -0.4 is 0 Å². The normalized spacial score (nSPS) is 20.7. The fourth-order valence-electron chi connectivity index (χ4n) is 2.99. The first-order valence-electron chi connectivity index (χ1n) is 8.07. The molecule has 3 rings (SSSR count).